The Labute approximate surface area is 169 Å². The Kier molecular flexibility index (Phi) is 9.55. The molecule has 1 amide bonds. The summed E-state index contributed by atoms with van der Waals surface area (Å²) in [6.07, 6.45) is 1.22. The van der Waals surface area contributed by atoms with Crippen molar-refractivity contribution >= 4 is 18.0 Å². The minimum atomic E-state index is -0.499. The van der Waals surface area contributed by atoms with Gasteiger partial charge in [-0.1, -0.05) is 6.92 Å². The van der Waals surface area contributed by atoms with Crippen LogP contribution in [0.25, 0.3) is 0 Å². The van der Waals surface area contributed by atoms with Gasteiger partial charge in [0, 0.05) is 39.8 Å². The number of rotatable bonds is 6. The van der Waals surface area contributed by atoms with Crippen molar-refractivity contribution < 1.29 is 19.1 Å². The summed E-state index contributed by atoms with van der Waals surface area (Å²) in [4.78, 5) is 32.3. The number of carbonyl (C=O) groups is 2. The second-order valence-corrected chi connectivity index (χ2v) is 8.45. The van der Waals surface area contributed by atoms with Gasteiger partial charge in [-0.25, -0.2) is 4.79 Å². The van der Waals surface area contributed by atoms with Crippen molar-refractivity contribution in [1.29, 1.82) is 0 Å². The zero-order chi connectivity index (χ0) is 21.3. The van der Waals surface area contributed by atoms with Crippen molar-refractivity contribution in [1.82, 2.24) is 15.1 Å². The van der Waals surface area contributed by atoms with Crippen LogP contribution >= 0.6 is 0 Å². The number of hydrogen-bond acceptors (Lipinski definition) is 5. The van der Waals surface area contributed by atoms with Crippen molar-refractivity contribution in [2.75, 3.05) is 46.9 Å². The van der Waals surface area contributed by atoms with Crippen molar-refractivity contribution in [3.05, 3.63) is 0 Å². The first-order chi connectivity index (χ1) is 13.1. The molecule has 0 aromatic rings. The van der Waals surface area contributed by atoms with E-state index >= 15 is 0 Å². The molecule has 28 heavy (non-hydrogen) atoms. The summed E-state index contributed by atoms with van der Waals surface area (Å²) in [5.41, 5.74) is -0.499. The van der Waals surface area contributed by atoms with E-state index in [-0.39, 0.29) is 23.9 Å². The number of nitrogens with one attached hydrogen (secondary N) is 1. The lowest BCUT2D eigenvalue weighted by Crippen LogP contribution is -2.47. The SMILES string of the molecule is CCNC(=NCC(C)CN(C)C(=O)OC(C)(C)C)N1CCC(C(=O)OC)CC1. The van der Waals surface area contributed by atoms with E-state index in [1.807, 2.05) is 27.7 Å². The van der Waals surface area contributed by atoms with E-state index < -0.39 is 5.60 Å². The molecule has 1 unspecified atom stereocenters. The maximum absolute atomic E-state index is 12.1. The number of guanidine groups is 1. The number of aliphatic imine (C=N–C) groups is 1. The van der Waals surface area contributed by atoms with Gasteiger partial charge in [-0.2, -0.15) is 0 Å². The van der Waals surface area contributed by atoms with Crippen LogP contribution in [-0.2, 0) is 14.3 Å². The molecular weight excluding hydrogens is 360 g/mol. The molecule has 0 bridgehead atoms. The van der Waals surface area contributed by atoms with E-state index in [2.05, 4.69) is 17.1 Å². The summed E-state index contributed by atoms with van der Waals surface area (Å²) in [6, 6.07) is 0. The van der Waals surface area contributed by atoms with Gasteiger partial charge in [-0.3, -0.25) is 9.79 Å². The predicted octanol–water partition coefficient (Wildman–Crippen LogP) is 2.34. The van der Waals surface area contributed by atoms with Crippen LogP contribution in [-0.4, -0.2) is 80.3 Å². The molecule has 1 rings (SSSR count). The summed E-state index contributed by atoms with van der Waals surface area (Å²) in [5.74, 6) is 0.905. The Morgan fingerprint density at radius 1 is 1.29 bits per heavy atom. The molecule has 8 nitrogen and oxygen atoms in total. The fourth-order valence-corrected chi connectivity index (χ4v) is 3.10. The van der Waals surface area contributed by atoms with E-state index in [4.69, 9.17) is 14.5 Å². The summed E-state index contributed by atoms with van der Waals surface area (Å²) < 4.78 is 10.2. The lowest BCUT2D eigenvalue weighted by atomic mass is 9.97. The van der Waals surface area contributed by atoms with Gasteiger partial charge in [0.1, 0.15) is 5.60 Å². The third kappa shape index (κ3) is 8.35. The number of ether oxygens (including phenoxy) is 2. The molecule has 1 aliphatic rings. The van der Waals surface area contributed by atoms with E-state index in [9.17, 15) is 9.59 Å². The summed E-state index contributed by atoms with van der Waals surface area (Å²) in [7, 11) is 3.19. The zero-order valence-corrected chi connectivity index (χ0v) is 18.6. The molecule has 0 aromatic heterocycles. The van der Waals surface area contributed by atoms with E-state index in [1.54, 1.807) is 11.9 Å². The largest absolute Gasteiger partial charge is 0.469 e. The van der Waals surface area contributed by atoms with Gasteiger partial charge in [-0.05, 0) is 46.5 Å². The summed E-state index contributed by atoms with van der Waals surface area (Å²) in [5, 5.41) is 3.33. The van der Waals surface area contributed by atoms with Crippen LogP contribution in [0.3, 0.4) is 0 Å². The van der Waals surface area contributed by atoms with Gasteiger partial charge in [0.05, 0.1) is 13.0 Å². The Hall–Kier alpha value is -1.99. The second kappa shape index (κ2) is 11.1. The van der Waals surface area contributed by atoms with Crippen molar-refractivity contribution in [2.45, 2.75) is 53.1 Å². The topological polar surface area (TPSA) is 83.5 Å². The Balaban J connectivity index is 2.57. The molecule has 0 saturated carbocycles. The highest BCUT2D eigenvalue weighted by atomic mass is 16.6. The van der Waals surface area contributed by atoms with Crippen LogP contribution in [0.5, 0.6) is 0 Å². The van der Waals surface area contributed by atoms with Gasteiger partial charge in [-0.15, -0.1) is 0 Å². The van der Waals surface area contributed by atoms with Gasteiger partial charge in [0.2, 0.25) is 0 Å². The Bertz CT molecular complexity index is 537. The fourth-order valence-electron chi connectivity index (χ4n) is 3.10. The van der Waals surface area contributed by atoms with E-state index in [1.165, 1.54) is 7.11 Å². The monoisotopic (exact) mass is 398 g/mol. The Morgan fingerprint density at radius 3 is 2.39 bits per heavy atom. The highest BCUT2D eigenvalue weighted by Crippen LogP contribution is 2.18. The molecule has 1 aliphatic heterocycles. The number of likely N-dealkylation sites (tertiary alicyclic amines) is 1. The smallest absolute Gasteiger partial charge is 0.410 e. The average molecular weight is 399 g/mol. The minimum Gasteiger partial charge on any atom is -0.469 e. The third-order valence-corrected chi connectivity index (χ3v) is 4.51. The van der Waals surface area contributed by atoms with Crippen molar-refractivity contribution in [3.63, 3.8) is 0 Å². The first kappa shape index (κ1) is 24.0. The zero-order valence-electron chi connectivity index (χ0n) is 18.6. The molecule has 0 radical (unpaired) electrons. The maximum atomic E-state index is 12.1. The van der Waals surface area contributed by atoms with Crippen LogP contribution in [0.15, 0.2) is 4.99 Å². The molecule has 1 fully saturated rings. The molecular formula is C20H38N4O4. The number of nitrogens with zero attached hydrogens (tertiary/aromatic N) is 3. The quantitative estimate of drug-likeness (QED) is 0.420. The molecule has 1 atom stereocenters. The predicted molar refractivity (Wildman–Crippen MR) is 110 cm³/mol. The molecule has 8 heteroatoms. The maximum Gasteiger partial charge on any atom is 0.410 e. The number of esters is 1. The number of hydrogen-bond donors (Lipinski definition) is 1. The fraction of sp³-hybridized carbons (Fsp3) is 0.850. The molecule has 1 heterocycles. The number of carbonyl (C=O) groups excluding carboxylic acids is 2. The molecule has 1 saturated heterocycles. The molecule has 1 N–H and O–H groups in total. The van der Waals surface area contributed by atoms with Crippen molar-refractivity contribution in [3.8, 4) is 0 Å². The van der Waals surface area contributed by atoms with Crippen LogP contribution < -0.4 is 5.32 Å². The van der Waals surface area contributed by atoms with Crippen LogP contribution in [0.4, 0.5) is 4.79 Å². The van der Waals surface area contributed by atoms with Gasteiger partial charge < -0.3 is 24.6 Å². The first-order valence-electron chi connectivity index (χ1n) is 10.1. The summed E-state index contributed by atoms with van der Waals surface area (Å²) in [6.45, 7) is 13.2. The molecule has 0 aliphatic carbocycles. The van der Waals surface area contributed by atoms with Crippen LogP contribution in [0.2, 0.25) is 0 Å². The highest BCUT2D eigenvalue weighted by Gasteiger charge is 2.27. The van der Waals surface area contributed by atoms with Crippen molar-refractivity contribution in [2.24, 2.45) is 16.8 Å². The number of methoxy groups -OCH3 is 1. The summed E-state index contributed by atoms with van der Waals surface area (Å²) >= 11 is 0. The molecule has 0 spiro atoms. The third-order valence-electron chi connectivity index (χ3n) is 4.51. The average Bonchev–Trinajstić information content (AvgIpc) is 2.63. The first-order valence-corrected chi connectivity index (χ1v) is 10.1. The van der Waals surface area contributed by atoms with Gasteiger partial charge in [0.25, 0.3) is 0 Å². The lowest BCUT2D eigenvalue weighted by Gasteiger charge is -2.33. The Morgan fingerprint density at radius 2 is 1.89 bits per heavy atom. The number of piperidine rings is 1. The molecule has 162 valence electrons. The van der Waals surface area contributed by atoms with Crippen LogP contribution in [0, 0.1) is 11.8 Å². The van der Waals surface area contributed by atoms with Gasteiger partial charge >= 0.3 is 12.1 Å². The highest BCUT2D eigenvalue weighted by molar-refractivity contribution is 5.80. The van der Waals surface area contributed by atoms with Gasteiger partial charge in [0.15, 0.2) is 5.96 Å². The molecule has 0 aromatic carbocycles. The van der Waals surface area contributed by atoms with Crippen LogP contribution in [0.1, 0.15) is 47.5 Å². The number of amides is 1. The second-order valence-electron chi connectivity index (χ2n) is 8.45. The van der Waals surface area contributed by atoms with E-state index in [0.717, 1.165) is 38.4 Å². The normalized spacial score (nSPS) is 17.1. The van der Waals surface area contributed by atoms with E-state index in [0.29, 0.717) is 13.1 Å². The minimum absolute atomic E-state index is 0.0227. The lowest BCUT2D eigenvalue weighted by molar-refractivity contribution is -0.146. The standard InChI is InChI=1S/C20H38N4O4/c1-8-21-18(24-11-9-16(10-12-24)17(25)27-7)22-13-15(2)14-23(6)19(26)28-20(3,4)5/h15-16H,8-14H2,1-7H3,(H,21,22).